The number of anilines is 2. The Hall–Kier alpha value is -2.56. The van der Waals surface area contributed by atoms with E-state index in [9.17, 15) is 17.8 Å². The normalized spacial score (nSPS) is 23.6. The van der Waals surface area contributed by atoms with Gasteiger partial charge in [-0.1, -0.05) is 5.21 Å². The fourth-order valence-corrected chi connectivity index (χ4v) is 5.77. The molecule has 5 rings (SSSR count). The summed E-state index contributed by atoms with van der Waals surface area (Å²) in [5.41, 5.74) is -0.0425. The summed E-state index contributed by atoms with van der Waals surface area (Å²) in [5.74, 6) is -0.259. The monoisotopic (exact) mass is 409 g/mol. The number of benzene rings is 1. The molecule has 148 valence electrons. The summed E-state index contributed by atoms with van der Waals surface area (Å²) in [5, 5.41) is 7.50. The zero-order valence-corrected chi connectivity index (χ0v) is 15.6. The van der Waals surface area contributed by atoms with Crippen LogP contribution in [0, 0.1) is 17.0 Å². The van der Waals surface area contributed by atoms with Gasteiger partial charge in [0.1, 0.15) is 11.8 Å². The van der Waals surface area contributed by atoms with Crippen LogP contribution in [-0.4, -0.2) is 62.5 Å². The molecular weight excluding hydrogens is 392 g/mol. The average molecular weight is 409 g/mol. The van der Waals surface area contributed by atoms with Gasteiger partial charge in [0.2, 0.25) is 0 Å². The van der Waals surface area contributed by atoms with Gasteiger partial charge in [0, 0.05) is 59.1 Å². The van der Waals surface area contributed by atoms with Crippen LogP contribution < -0.4 is 9.80 Å². The molecule has 4 heterocycles. The summed E-state index contributed by atoms with van der Waals surface area (Å²) in [6.45, 7) is 1.47. The van der Waals surface area contributed by atoms with Crippen LogP contribution in [0.5, 0.6) is 0 Å². The lowest BCUT2D eigenvalue weighted by molar-refractivity contribution is 0.129. The maximum Gasteiger partial charge on any atom is 0.414 e. The Morgan fingerprint density at radius 1 is 1.25 bits per heavy atom. The molecule has 3 aliphatic rings. The summed E-state index contributed by atoms with van der Waals surface area (Å²) in [7, 11) is -0.800. The predicted octanol–water partition coefficient (Wildman–Crippen LogP) is 1.15. The average Bonchev–Trinajstić information content (AvgIpc) is 3.20. The van der Waals surface area contributed by atoms with E-state index in [-0.39, 0.29) is 23.3 Å². The van der Waals surface area contributed by atoms with Crippen LogP contribution in [0.3, 0.4) is 0 Å². The maximum atomic E-state index is 14.7. The standard InChI is InChI=1S/C17H17F2N5O3S/c18-13-3-11(24-6-12(27-16(24)25)5-23-2-1-20-21-23)4-14(19)15(13)22-7-17(8-22)9-28(26)10-17/h1-4,12H,5-10H2/t12-/m0/s1. The second kappa shape index (κ2) is 6.23. The molecule has 3 fully saturated rings. The van der Waals surface area contributed by atoms with E-state index in [0.29, 0.717) is 31.1 Å². The van der Waals surface area contributed by atoms with Crippen molar-refractivity contribution < 1.29 is 22.5 Å². The van der Waals surface area contributed by atoms with Crippen LogP contribution in [0.4, 0.5) is 25.0 Å². The number of carbonyl (C=O) groups excluding carboxylic acids is 1. The van der Waals surface area contributed by atoms with Crippen molar-refractivity contribution in [2.24, 2.45) is 5.41 Å². The molecule has 1 atom stereocenters. The first-order chi connectivity index (χ1) is 13.4. The van der Waals surface area contributed by atoms with E-state index in [4.69, 9.17) is 4.74 Å². The number of cyclic esters (lactones) is 1. The van der Waals surface area contributed by atoms with Crippen LogP contribution in [0.15, 0.2) is 24.5 Å². The zero-order valence-electron chi connectivity index (χ0n) is 14.8. The zero-order chi connectivity index (χ0) is 19.5. The number of aromatic nitrogens is 3. The Labute approximate surface area is 161 Å². The van der Waals surface area contributed by atoms with Gasteiger partial charge < -0.3 is 9.64 Å². The van der Waals surface area contributed by atoms with Crippen molar-refractivity contribution in [3.05, 3.63) is 36.2 Å². The summed E-state index contributed by atoms with van der Waals surface area (Å²) >= 11 is 0. The van der Waals surface area contributed by atoms with Crippen LogP contribution in [0.25, 0.3) is 0 Å². The lowest BCUT2D eigenvalue weighted by Crippen LogP contribution is -2.67. The van der Waals surface area contributed by atoms with E-state index in [1.165, 1.54) is 15.8 Å². The Morgan fingerprint density at radius 3 is 2.57 bits per heavy atom. The first-order valence-corrected chi connectivity index (χ1v) is 10.3. The van der Waals surface area contributed by atoms with Gasteiger partial charge >= 0.3 is 6.09 Å². The number of halogens is 2. The minimum absolute atomic E-state index is 0.0598. The minimum Gasteiger partial charge on any atom is -0.442 e. The van der Waals surface area contributed by atoms with E-state index in [1.807, 2.05) is 0 Å². The van der Waals surface area contributed by atoms with Gasteiger partial charge in [-0.05, 0) is 0 Å². The molecule has 1 amide bonds. The number of carbonyl (C=O) groups is 1. The molecule has 3 aliphatic heterocycles. The van der Waals surface area contributed by atoms with Crippen molar-refractivity contribution in [2.75, 3.05) is 40.9 Å². The van der Waals surface area contributed by atoms with Gasteiger partial charge in [0.15, 0.2) is 11.6 Å². The predicted molar refractivity (Wildman–Crippen MR) is 96.5 cm³/mol. The largest absolute Gasteiger partial charge is 0.442 e. The van der Waals surface area contributed by atoms with E-state index in [0.717, 1.165) is 12.1 Å². The van der Waals surface area contributed by atoms with E-state index in [1.54, 1.807) is 11.1 Å². The summed E-state index contributed by atoms with van der Waals surface area (Å²) in [4.78, 5) is 15.0. The number of rotatable bonds is 4. The quantitative estimate of drug-likeness (QED) is 0.754. The molecule has 0 radical (unpaired) electrons. The molecular formula is C17H17F2N5O3S. The molecule has 11 heteroatoms. The molecule has 0 N–H and O–H groups in total. The SMILES string of the molecule is O=C1O[C@@H](Cn2ccnn2)CN1c1cc(F)c(N2CC3(C2)CS(=O)C3)c(F)c1. The highest BCUT2D eigenvalue weighted by Crippen LogP contribution is 2.44. The fourth-order valence-electron chi connectivity index (χ4n) is 4.12. The molecule has 0 aliphatic carbocycles. The highest BCUT2D eigenvalue weighted by atomic mass is 32.2. The number of hydrogen-bond acceptors (Lipinski definition) is 6. The third kappa shape index (κ3) is 2.84. The summed E-state index contributed by atoms with van der Waals surface area (Å²) in [6.07, 6.45) is 2.01. The third-order valence-electron chi connectivity index (χ3n) is 5.35. The Balaban J connectivity index is 1.31. The van der Waals surface area contributed by atoms with Crippen molar-refractivity contribution in [3.63, 3.8) is 0 Å². The van der Waals surface area contributed by atoms with Crippen molar-refractivity contribution >= 4 is 28.3 Å². The molecule has 3 saturated heterocycles. The second-order valence-electron chi connectivity index (χ2n) is 7.58. The molecule has 2 aromatic rings. The van der Waals surface area contributed by atoms with Crippen LogP contribution in [0.2, 0.25) is 0 Å². The Morgan fingerprint density at radius 2 is 1.96 bits per heavy atom. The van der Waals surface area contributed by atoms with Crippen molar-refractivity contribution in [2.45, 2.75) is 12.6 Å². The van der Waals surface area contributed by atoms with Gasteiger partial charge in [-0.25, -0.2) is 18.3 Å². The van der Waals surface area contributed by atoms with Crippen molar-refractivity contribution in [1.82, 2.24) is 15.0 Å². The van der Waals surface area contributed by atoms with Gasteiger partial charge in [-0.3, -0.25) is 9.11 Å². The fraction of sp³-hybridized carbons (Fsp3) is 0.471. The summed E-state index contributed by atoms with van der Waals surface area (Å²) in [6, 6.07) is 2.31. The number of nitrogens with zero attached hydrogens (tertiary/aromatic N) is 5. The molecule has 1 aromatic carbocycles. The highest BCUT2D eigenvalue weighted by molar-refractivity contribution is 7.86. The molecule has 0 bridgehead atoms. The van der Waals surface area contributed by atoms with Crippen molar-refractivity contribution in [1.29, 1.82) is 0 Å². The third-order valence-corrected chi connectivity index (χ3v) is 7.22. The topological polar surface area (TPSA) is 80.6 Å². The lowest BCUT2D eigenvalue weighted by Gasteiger charge is -2.55. The molecule has 0 unspecified atom stereocenters. The summed E-state index contributed by atoms with van der Waals surface area (Å²) < 4.78 is 47.5. The maximum absolute atomic E-state index is 14.7. The second-order valence-corrected chi connectivity index (χ2v) is 9.04. The van der Waals surface area contributed by atoms with Crippen LogP contribution >= 0.6 is 0 Å². The Bertz CT molecular complexity index is 931. The van der Waals surface area contributed by atoms with Crippen LogP contribution in [0.1, 0.15) is 0 Å². The van der Waals surface area contributed by atoms with Gasteiger partial charge in [0.25, 0.3) is 0 Å². The molecule has 8 nitrogen and oxygen atoms in total. The van der Waals surface area contributed by atoms with Gasteiger partial charge in [-0.2, -0.15) is 0 Å². The van der Waals surface area contributed by atoms with E-state index in [2.05, 4.69) is 10.3 Å². The smallest absolute Gasteiger partial charge is 0.414 e. The van der Waals surface area contributed by atoms with E-state index < -0.39 is 34.6 Å². The molecule has 1 spiro atoms. The van der Waals surface area contributed by atoms with Crippen LogP contribution in [-0.2, 0) is 22.1 Å². The molecule has 28 heavy (non-hydrogen) atoms. The first-order valence-electron chi connectivity index (χ1n) is 8.84. The van der Waals surface area contributed by atoms with Gasteiger partial charge in [-0.15, -0.1) is 5.10 Å². The lowest BCUT2D eigenvalue weighted by atomic mass is 9.82. The first kappa shape index (κ1) is 17.5. The number of amides is 1. The Kier molecular flexibility index (Phi) is 3.90. The minimum atomic E-state index is -0.800. The van der Waals surface area contributed by atoms with Crippen molar-refractivity contribution in [3.8, 4) is 0 Å². The van der Waals surface area contributed by atoms with Gasteiger partial charge in [0.05, 0.1) is 25.0 Å². The number of ether oxygens (including phenoxy) is 1. The van der Waals surface area contributed by atoms with E-state index >= 15 is 0 Å². The number of hydrogen-bond donors (Lipinski definition) is 0. The molecule has 0 saturated carbocycles. The highest BCUT2D eigenvalue weighted by Gasteiger charge is 2.52. The molecule has 1 aromatic heterocycles.